The molecule has 0 bridgehead atoms. The smallest absolute Gasteiger partial charge is 0.303 e. The first-order valence-electron chi connectivity index (χ1n) is 8.89. The van der Waals surface area contributed by atoms with Crippen LogP contribution in [0.4, 0.5) is 5.82 Å². The molecule has 1 atom stereocenters. The predicted molar refractivity (Wildman–Crippen MR) is 103 cm³/mol. The quantitative estimate of drug-likeness (QED) is 0.637. The second-order valence-corrected chi connectivity index (χ2v) is 6.56. The van der Waals surface area contributed by atoms with Crippen molar-refractivity contribution in [2.45, 2.75) is 39.2 Å². The first kappa shape index (κ1) is 18.6. The van der Waals surface area contributed by atoms with Crippen molar-refractivity contribution in [1.29, 1.82) is 0 Å². The highest BCUT2D eigenvalue weighted by Gasteiger charge is 2.14. The monoisotopic (exact) mass is 365 g/mol. The van der Waals surface area contributed by atoms with E-state index in [0.717, 1.165) is 17.0 Å². The van der Waals surface area contributed by atoms with Crippen molar-refractivity contribution in [2.75, 3.05) is 5.32 Å². The van der Waals surface area contributed by atoms with Crippen molar-refractivity contribution in [3.63, 3.8) is 0 Å². The molecule has 3 rings (SSSR count). The number of rotatable bonds is 8. The molecule has 140 valence electrons. The molecule has 7 heteroatoms. The number of hydrogen-bond donors (Lipinski definition) is 2. The Balaban J connectivity index is 1.79. The lowest BCUT2D eigenvalue weighted by Gasteiger charge is -2.19. The number of anilines is 1. The number of nitrogens with zero attached hydrogens (tertiary/aromatic N) is 4. The van der Waals surface area contributed by atoms with E-state index in [1.165, 1.54) is 0 Å². The van der Waals surface area contributed by atoms with Crippen molar-refractivity contribution in [1.82, 2.24) is 19.7 Å². The van der Waals surface area contributed by atoms with Crippen molar-refractivity contribution in [2.24, 2.45) is 0 Å². The second kappa shape index (κ2) is 8.44. The Kier molecular flexibility index (Phi) is 5.80. The molecule has 0 spiro atoms. The third kappa shape index (κ3) is 5.13. The van der Waals surface area contributed by atoms with Gasteiger partial charge in [0.2, 0.25) is 0 Å². The van der Waals surface area contributed by atoms with Crippen LogP contribution in [-0.2, 0) is 11.2 Å². The zero-order chi connectivity index (χ0) is 19.2. The highest BCUT2D eigenvalue weighted by atomic mass is 16.4. The summed E-state index contributed by atoms with van der Waals surface area (Å²) in [6.45, 7) is 3.90. The summed E-state index contributed by atoms with van der Waals surface area (Å²) in [5.41, 5.74) is 3.03. The summed E-state index contributed by atoms with van der Waals surface area (Å²) in [5, 5.41) is 16.8. The summed E-state index contributed by atoms with van der Waals surface area (Å²) >= 11 is 0. The Morgan fingerprint density at radius 3 is 2.67 bits per heavy atom. The van der Waals surface area contributed by atoms with Gasteiger partial charge in [0.1, 0.15) is 5.82 Å². The molecule has 0 radical (unpaired) electrons. The summed E-state index contributed by atoms with van der Waals surface area (Å²) in [4.78, 5) is 19.9. The highest BCUT2D eigenvalue weighted by molar-refractivity contribution is 5.66. The fourth-order valence-electron chi connectivity index (χ4n) is 3.02. The third-order valence-electron chi connectivity index (χ3n) is 4.23. The molecule has 0 aliphatic carbocycles. The van der Waals surface area contributed by atoms with Crippen molar-refractivity contribution in [3.05, 3.63) is 65.7 Å². The zero-order valence-electron chi connectivity index (χ0n) is 15.5. The SMILES string of the molecule is Cc1cc(C)n(-c2cncc(NC(CCC(=O)O)Cc3ccccc3)n2)n1. The Morgan fingerprint density at radius 1 is 1.22 bits per heavy atom. The fraction of sp³-hybridized carbons (Fsp3) is 0.300. The van der Waals surface area contributed by atoms with Gasteiger partial charge in [0, 0.05) is 18.2 Å². The van der Waals surface area contributed by atoms with Crippen LogP contribution in [0.3, 0.4) is 0 Å². The molecule has 3 aromatic rings. The van der Waals surface area contributed by atoms with E-state index in [4.69, 9.17) is 5.11 Å². The van der Waals surface area contributed by atoms with E-state index >= 15 is 0 Å². The van der Waals surface area contributed by atoms with Gasteiger partial charge in [-0.05, 0) is 38.3 Å². The van der Waals surface area contributed by atoms with Crippen LogP contribution in [-0.4, -0.2) is 36.9 Å². The standard InChI is InChI=1S/C20H23N5O2/c1-14-10-15(2)25(24-14)19-13-21-12-18(23-19)22-17(8-9-20(26)27)11-16-6-4-3-5-7-16/h3-7,10,12-13,17H,8-9,11H2,1-2H3,(H,22,23)(H,26,27). The van der Waals surface area contributed by atoms with Gasteiger partial charge in [0.05, 0.1) is 18.1 Å². The summed E-state index contributed by atoms with van der Waals surface area (Å²) < 4.78 is 1.75. The molecule has 0 amide bonds. The van der Waals surface area contributed by atoms with E-state index < -0.39 is 5.97 Å². The Morgan fingerprint density at radius 2 is 2.00 bits per heavy atom. The van der Waals surface area contributed by atoms with Crippen molar-refractivity contribution >= 4 is 11.8 Å². The number of aryl methyl sites for hydroxylation is 2. The zero-order valence-corrected chi connectivity index (χ0v) is 15.5. The maximum absolute atomic E-state index is 11.0. The van der Waals surface area contributed by atoms with Gasteiger partial charge >= 0.3 is 5.97 Å². The molecule has 0 saturated heterocycles. The van der Waals surface area contributed by atoms with Gasteiger partial charge in [-0.3, -0.25) is 9.78 Å². The van der Waals surface area contributed by atoms with Gasteiger partial charge in [-0.25, -0.2) is 9.67 Å². The van der Waals surface area contributed by atoms with E-state index in [-0.39, 0.29) is 12.5 Å². The van der Waals surface area contributed by atoms with E-state index in [2.05, 4.69) is 20.4 Å². The molecule has 1 unspecified atom stereocenters. The molecule has 2 heterocycles. The molecule has 0 fully saturated rings. The van der Waals surface area contributed by atoms with Crippen LogP contribution in [0, 0.1) is 13.8 Å². The number of carbonyl (C=O) groups is 1. The lowest BCUT2D eigenvalue weighted by molar-refractivity contribution is -0.137. The summed E-state index contributed by atoms with van der Waals surface area (Å²) in [7, 11) is 0. The van der Waals surface area contributed by atoms with Crippen LogP contribution in [0.2, 0.25) is 0 Å². The van der Waals surface area contributed by atoms with Crippen LogP contribution in [0.5, 0.6) is 0 Å². The average molecular weight is 365 g/mol. The van der Waals surface area contributed by atoms with Crippen LogP contribution in [0.15, 0.2) is 48.8 Å². The predicted octanol–water partition coefficient (Wildman–Crippen LogP) is 3.17. The fourth-order valence-corrected chi connectivity index (χ4v) is 3.02. The first-order valence-corrected chi connectivity index (χ1v) is 8.89. The van der Waals surface area contributed by atoms with Gasteiger partial charge < -0.3 is 10.4 Å². The van der Waals surface area contributed by atoms with E-state index in [0.29, 0.717) is 24.5 Å². The van der Waals surface area contributed by atoms with E-state index in [1.807, 2.05) is 50.2 Å². The summed E-state index contributed by atoms with van der Waals surface area (Å²) in [6.07, 6.45) is 4.60. The maximum Gasteiger partial charge on any atom is 0.303 e. The molecule has 27 heavy (non-hydrogen) atoms. The normalized spacial score (nSPS) is 11.9. The number of hydrogen-bond acceptors (Lipinski definition) is 5. The second-order valence-electron chi connectivity index (χ2n) is 6.56. The molecule has 2 N–H and O–H groups in total. The summed E-state index contributed by atoms with van der Waals surface area (Å²) in [5.74, 6) is 0.422. The molecule has 1 aromatic carbocycles. The van der Waals surface area contributed by atoms with Crippen LogP contribution in [0.1, 0.15) is 29.8 Å². The van der Waals surface area contributed by atoms with Crippen LogP contribution in [0.25, 0.3) is 5.82 Å². The maximum atomic E-state index is 11.0. The van der Waals surface area contributed by atoms with Crippen molar-refractivity contribution in [3.8, 4) is 5.82 Å². The largest absolute Gasteiger partial charge is 0.481 e. The van der Waals surface area contributed by atoms with Gasteiger partial charge in [-0.15, -0.1) is 0 Å². The number of aliphatic carboxylic acids is 1. The summed E-state index contributed by atoms with van der Waals surface area (Å²) in [6, 6.07) is 11.9. The lowest BCUT2D eigenvalue weighted by atomic mass is 10.0. The number of aromatic nitrogens is 4. The van der Waals surface area contributed by atoms with Crippen molar-refractivity contribution < 1.29 is 9.90 Å². The third-order valence-corrected chi connectivity index (χ3v) is 4.23. The van der Waals surface area contributed by atoms with Gasteiger partial charge in [-0.2, -0.15) is 5.10 Å². The first-order chi connectivity index (χ1) is 13.0. The lowest BCUT2D eigenvalue weighted by Crippen LogP contribution is -2.24. The van der Waals surface area contributed by atoms with Gasteiger partial charge in [0.25, 0.3) is 0 Å². The molecular weight excluding hydrogens is 342 g/mol. The number of benzene rings is 1. The van der Waals surface area contributed by atoms with E-state index in [1.54, 1.807) is 17.1 Å². The molecular formula is C20H23N5O2. The topological polar surface area (TPSA) is 92.9 Å². The number of carboxylic acids is 1. The molecule has 7 nitrogen and oxygen atoms in total. The Bertz CT molecular complexity index is 908. The molecule has 0 aliphatic rings. The highest BCUT2D eigenvalue weighted by Crippen LogP contribution is 2.15. The number of nitrogens with one attached hydrogen (secondary N) is 1. The minimum atomic E-state index is -0.808. The minimum Gasteiger partial charge on any atom is -0.481 e. The molecule has 0 aliphatic heterocycles. The minimum absolute atomic E-state index is 0.0616. The van der Waals surface area contributed by atoms with Crippen LogP contribution >= 0.6 is 0 Å². The molecule has 2 aromatic heterocycles. The average Bonchev–Trinajstić information content (AvgIpc) is 2.99. The Labute approximate surface area is 158 Å². The van der Waals surface area contributed by atoms with Crippen LogP contribution < -0.4 is 5.32 Å². The van der Waals surface area contributed by atoms with Gasteiger partial charge in [0.15, 0.2) is 5.82 Å². The Hall–Kier alpha value is -3.22. The molecule has 0 saturated carbocycles. The van der Waals surface area contributed by atoms with Gasteiger partial charge in [-0.1, -0.05) is 30.3 Å². The van der Waals surface area contributed by atoms with E-state index in [9.17, 15) is 4.79 Å². The number of carboxylic acid groups (broad SMARTS) is 1.